The van der Waals surface area contributed by atoms with E-state index < -0.39 is 0 Å². The first kappa shape index (κ1) is 16.1. The molecule has 2 aliphatic heterocycles. The lowest BCUT2D eigenvalue weighted by Gasteiger charge is -2.33. The number of ether oxygens (including phenoxy) is 1. The van der Waals surface area contributed by atoms with Gasteiger partial charge in [0.15, 0.2) is 0 Å². The summed E-state index contributed by atoms with van der Waals surface area (Å²) >= 11 is 0. The standard InChI is InChI=1S/C16H29N3O2/c1-5-6-7-8-18-12-19(16(2,3)4)9-14(18)15(20)17-13-10-21-11-13/h9,13H,5-8,10-12H2,1-4H3,(H,17,20). The Kier molecular flexibility index (Phi) is 5.14. The normalized spacial score (nSPS) is 19.5. The van der Waals surface area contributed by atoms with Crippen LogP contribution in [0.1, 0.15) is 47.0 Å². The number of nitrogens with one attached hydrogen (secondary N) is 1. The summed E-state index contributed by atoms with van der Waals surface area (Å²) in [5.74, 6) is 0.0338. The molecule has 0 saturated carbocycles. The Hall–Kier alpha value is -1.23. The van der Waals surface area contributed by atoms with Crippen molar-refractivity contribution in [3.05, 3.63) is 11.9 Å². The van der Waals surface area contributed by atoms with Gasteiger partial charge >= 0.3 is 0 Å². The minimum Gasteiger partial charge on any atom is -0.377 e. The molecule has 0 bridgehead atoms. The number of unbranched alkanes of at least 4 members (excludes halogenated alkanes) is 2. The van der Waals surface area contributed by atoms with Crippen molar-refractivity contribution in [2.24, 2.45) is 0 Å². The van der Waals surface area contributed by atoms with Gasteiger partial charge in [0, 0.05) is 18.3 Å². The summed E-state index contributed by atoms with van der Waals surface area (Å²) in [6.45, 7) is 11.7. The molecule has 120 valence electrons. The van der Waals surface area contributed by atoms with E-state index in [-0.39, 0.29) is 17.5 Å². The first-order valence-corrected chi connectivity index (χ1v) is 8.04. The van der Waals surface area contributed by atoms with E-state index in [1.54, 1.807) is 0 Å². The summed E-state index contributed by atoms with van der Waals surface area (Å²) < 4.78 is 5.12. The average molecular weight is 295 g/mol. The Balaban J connectivity index is 2.00. The number of rotatable bonds is 6. The number of hydrogen-bond donors (Lipinski definition) is 1. The predicted molar refractivity (Wildman–Crippen MR) is 83.5 cm³/mol. The van der Waals surface area contributed by atoms with Crippen LogP contribution in [0.3, 0.4) is 0 Å². The first-order chi connectivity index (χ1) is 9.91. The summed E-state index contributed by atoms with van der Waals surface area (Å²) in [6, 6.07) is 0.180. The average Bonchev–Trinajstić information content (AvgIpc) is 2.78. The molecule has 5 nitrogen and oxygen atoms in total. The van der Waals surface area contributed by atoms with Crippen molar-refractivity contribution in [1.82, 2.24) is 15.1 Å². The Labute approximate surface area is 128 Å². The zero-order valence-corrected chi connectivity index (χ0v) is 13.8. The molecule has 0 atom stereocenters. The molecule has 5 heteroatoms. The summed E-state index contributed by atoms with van der Waals surface area (Å²) in [6.07, 6.45) is 5.55. The van der Waals surface area contributed by atoms with E-state index in [0.717, 1.165) is 25.3 Å². The third kappa shape index (κ3) is 4.13. The zero-order chi connectivity index (χ0) is 15.5. The largest absolute Gasteiger partial charge is 0.377 e. The second-order valence-corrected chi connectivity index (χ2v) is 6.97. The Morgan fingerprint density at radius 2 is 2.10 bits per heavy atom. The quantitative estimate of drug-likeness (QED) is 0.760. The summed E-state index contributed by atoms with van der Waals surface area (Å²) in [4.78, 5) is 16.9. The zero-order valence-electron chi connectivity index (χ0n) is 13.8. The topological polar surface area (TPSA) is 44.8 Å². The second kappa shape index (κ2) is 6.69. The third-order valence-electron chi connectivity index (χ3n) is 4.04. The van der Waals surface area contributed by atoms with E-state index in [0.29, 0.717) is 13.2 Å². The molecule has 0 aliphatic carbocycles. The molecule has 0 radical (unpaired) electrons. The molecule has 1 saturated heterocycles. The minimum absolute atomic E-state index is 0.0324. The van der Waals surface area contributed by atoms with Crippen molar-refractivity contribution in [3.63, 3.8) is 0 Å². The molecule has 21 heavy (non-hydrogen) atoms. The third-order valence-corrected chi connectivity index (χ3v) is 4.04. The molecule has 2 rings (SSSR count). The first-order valence-electron chi connectivity index (χ1n) is 8.04. The SMILES string of the molecule is CCCCCN1CN(C(C)(C)C)C=C1C(=O)NC1COC1. The number of hydrogen-bond acceptors (Lipinski definition) is 4. The van der Waals surface area contributed by atoms with Crippen LogP contribution in [0.4, 0.5) is 0 Å². The monoisotopic (exact) mass is 295 g/mol. The van der Waals surface area contributed by atoms with Gasteiger partial charge in [0.1, 0.15) is 5.70 Å². The number of carbonyl (C=O) groups is 1. The van der Waals surface area contributed by atoms with Crippen LogP contribution >= 0.6 is 0 Å². The van der Waals surface area contributed by atoms with Crippen LogP contribution in [0.2, 0.25) is 0 Å². The van der Waals surface area contributed by atoms with E-state index in [9.17, 15) is 4.79 Å². The van der Waals surface area contributed by atoms with Crippen molar-refractivity contribution < 1.29 is 9.53 Å². The highest BCUT2D eigenvalue weighted by Gasteiger charge is 2.32. The van der Waals surface area contributed by atoms with Crippen molar-refractivity contribution >= 4 is 5.91 Å². The van der Waals surface area contributed by atoms with Gasteiger partial charge in [-0.1, -0.05) is 19.8 Å². The summed E-state index contributed by atoms with van der Waals surface area (Å²) in [5.41, 5.74) is 0.831. The van der Waals surface area contributed by atoms with E-state index in [1.165, 1.54) is 12.8 Å². The van der Waals surface area contributed by atoms with E-state index in [2.05, 4.69) is 42.8 Å². The van der Waals surface area contributed by atoms with Crippen LogP contribution < -0.4 is 5.32 Å². The van der Waals surface area contributed by atoms with Crippen LogP contribution in [0, 0.1) is 0 Å². The maximum Gasteiger partial charge on any atom is 0.269 e. The van der Waals surface area contributed by atoms with Gasteiger partial charge in [0.25, 0.3) is 5.91 Å². The Bertz CT molecular complexity index is 397. The fourth-order valence-corrected chi connectivity index (χ4v) is 2.46. The van der Waals surface area contributed by atoms with Gasteiger partial charge in [0.2, 0.25) is 0 Å². The summed E-state index contributed by atoms with van der Waals surface area (Å²) in [7, 11) is 0. The van der Waals surface area contributed by atoms with E-state index in [4.69, 9.17) is 4.74 Å². The van der Waals surface area contributed by atoms with Crippen LogP contribution in [-0.4, -0.2) is 53.7 Å². The van der Waals surface area contributed by atoms with Crippen LogP contribution in [-0.2, 0) is 9.53 Å². The van der Waals surface area contributed by atoms with Gasteiger partial charge in [-0.3, -0.25) is 4.79 Å². The van der Waals surface area contributed by atoms with Crippen LogP contribution in [0.25, 0.3) is 0 Å². The van der Waals surface area contributed by atoms with E-state index >= 15 is 0 Å². The maximum atomic E-state index is 12.5. The molecule has 1 N–H and O–H groups in total. The number of amides is 1. The summed E-state index contributed by atoms with van der Waals surface area (Å²) in [5, 5.41) is 3.05. The minimum atomic E-state index is 0.0324. The highest BCUT2D eigenvalue weighted by atomic mass is 16.5. The van der Waals surface area contributed by atoms with Gasteiger partial charge < -0.3 is 19.9 Å². The molecule has 0 aromatic rings. The highest BCUT2D eigenvalue weighted by Crippen LogP contribution is 2.25. The predicted octanol–water partition coefficient (Wildman–Crippen LogP) is 1.91. The van der Waals surface area contributed by atoms with Gasteiger partial charge in [0.05, 0.1) is 25.9 Å². The molecule has 0 spiro atoms. The molecular formula is C16H29N3O2. The molecule has 1 amide bonds. The van der Waals surface area contributed by atoms with Crippen LogP contribution in [0.5, 0.6) is 0 Å². The second-order valence-electron chi connectivity index (χ2n) is 6.97. The number of carbonyl (C=O) groups excluding carboxylic acids is 1. The van der Waals surface area contributed by atoms with Gasteiger partial charge in [-0.15, -0.1) is 0 Å². The van der Waals surface area contributed by atoms with Crippen molar-refractivity contribution in [2.75, 3.05) is 26.4 Å². The van der Waals surface area contributed by atoms with Crippen molar-refractivity contribution in [2.45, 2.75) is 58.5 Å². The van der Waals surface area contributed by atoms with Gasteiger partial charge in [-0.25, -0.2) is 0 Å². The fourth-order valence-electron chi connectivity index (χ4n) is 2.46. The molecule has 0 unspecified atom stereocenters. The molecule has 0 aromatic heterocycles. The lowest BCUT2D eigenvalue weighted by atomic mass is 10.1. The molecule has 1 fully saturated rings. The number of nitrogens with zero attached hydrogens (tertiary/aromatic N) is 2. The maximum absolute atomic E-state index is 12.5. The smallest absolute Gasteiger partial charge is 0.269 e. The van der Waals surface area contributed by atoms with Gasteiger partial charge in [-0.05, 0) is 27.2 Å². The fraction of sp³-hybridized carbons (Fsp3) is 0.812. The molecule has 2 aliphatic rings. The van der Waals surface area contributed by atoms with Gasteiger partial charge in [-0.2, -0.15) is 0 Å². The molecular weight excluding hydrogens is 266 g/mol. The Morgan fingerprint density at radius 3 is 2.62 bits per heavy atom. The molecule has 2 heterocycles. The highest BCUT2D eigenvalue weighted by molar-refractivity contribution is 5.93. The van der Waals surface area contributed by atoms with Crippen molar-refractivity contribution in [1.29, 1.82) is 0 Å². The Morgan fingerprint density at radius 1 is 1.38 bits per heavy atom. The van der Waals surface area contributed by atoms with Crippen molar-refractivity contribution in [3.8, 4) is 0 Å². The lowest BCUT2D eigenvalue weighted by Crippen LogP contribution is -2.50. The molecule has 0 aromatic carbocycles. The van der Waals surface area contributed by atoms with E-state index in [1.807, 2.05) is 6.20 Å². The lowest BCUT2D eigenvalue weighted by molar-refractivity contribution is -0.123. The van der Waals surface area contributed by atoms with Crippen LogP contribution in [0.15, 0.2) is 11.9 Å².